The van der Waals surface area contributed by atoms with Crippen molar-refractivity contribution in [2.45, 2.75) is 38.5 Å². The lowest BCUT2D eigenvalue weighted by atomic mass is 9.96. The number of hydrazone groups is 1. The van der Waals surface area contributed by atoms with Crippen molar-refractivity contribution >= 4 is 5.71 Å². The lowest BCUT2D eigenvalue weighted by molar-refractivity contribution is -0.0190. The van der Waals surface area contributed by atoms with Crippen LogP contribution in [0.1, 0.15) is 55.1 Å². The molecule has 3 aromatic rings. The molecular formula is C29H30N2O3. The van der Waals surface area contributed by atoms with E-state index in [2.05, 4.69) is 54.9 Å². The van der Waals surface area contributed by atoms with Gasteiger partial charge in [0.05, 0.1) is 18.4 Å². The Labute approximate surface area is 201 Å². The van der Waals surface area contributed by atoms with Gasteiger partial charge in [-0.25, -0.2) is 5.01 Å². The highest BCUT2D eigenvalue weighted by molar-refractivity contribution is 6.02. The van der Waals surface area contributed by atoms with Gasteiger partial charge in [-0.2, -0.15) is 5.10 Å². The van der Waals surface area contributed by atoms with Crippen LogP contribution in [0.2, 0.25) is 0 Å². The molecule has 0 amide bonds. The molecule has 0 spiro atoms. The van der Waals surface area contributed by atoms with Gasteiger partial charge < -0.3 is 14.2 Å². The minimum atomic E-state index is -0.294. The van der Waals surface area contributed by atoms with E-state index in [1.807, 2.05) is 36.4 Å². The number of hydrogen-bond donors (Lipinski definition) is 0. The molecule has 0 saturated heterocycles. The minimum Gasteiger partial charge on any atom is -0.494 e. The summed E-state index contributed by atoms with van der Waals surface area (Å²) in [5.74, 6) is 2.63. The van der Waals surface area contributed by atoms with Crippen LogP contribution >= 0.6 is 0 Å². The van der Waals surface area contributed by atoms with Crippen molar-refractivity contribution < 1.29 is 14.2 Å². The second-order valence-electron chi connectivity index (χ2n) is 8.55. The standard InChI is InChI=1S/C29H30N2O3/c1-3-5-19-33-24-16-12-22(13-17-24)29-31-27(25-8-6-7-9-28(25)34-29)20-26(30-31)21-10-14-23(15-11-21)32-18-4-2/h4,6-17,27,29H,2-3,5,18-20H2,1H3/t27-,29-/m0/s1. The van der Waals surface area contributed by atoms with E-state index >= 15 is 0 Å². The smallest absolute Gasteiger partial charge is 0.213 e. The maximum atomic E-state index is 6.47. The maximum Gasteiger partial charge on any atom is 0.213 e. The zero-order valence-electron chi connectivity index (χ0n) is 19.5. The highest BCUT2D eigenvalue weighted by Gasteiger charge is 2.40. The first kappa shape index (κ1) is 22.1. The van der Waals surface area contributed by atoms with E-state index in [4.69, 9.17) is 19.3 Å². The number of benzene rings is 3. The van der Waals surface area contributed by atoms with Gasteiger partial charge in [0, 0.05) is 17.5 Å². The monoisotopic (exact) mass is 454 g/mol. The van der Waals surface area contributed by atoms with E-state index in [0.717, 1.165) is 60.0 Å². The van der Waals surface area contributed by atoms with Crippen LogP contribution in [0.5, 0.6) is 17.2 Å². The van der Waals surface area contributed by atoms with E-state index in [0.29, 0.717) is 6.61 Å². The fourth-order valence-electron chi connectivity index (χ4n) is 4.39. The van der Waals surface area contributed by atoms with E-state index in [1.54, 1.807) is 6.08 Å². The van der Waals surface area contributed by atoms with Crippen molar-refractivity contribution in [3.63, 3.8) is 0 Å². The molecule has 0 bridgehead atoms. The van der Waals surface area contributed by atoms with Crippen LogP contribution in [-0.2, 0) is 0 Å². The van der Waals surface area contributed by atoms with E-state index in [-0.39, 0.29) is 12.3 Å². The molecule has 34 heavy (non-hydrogen) atoms. The molecule has 0 aliphatic carbocycles. The van der Waals surface area contributed by atoms with Gasteiger partial charge in [-0.1, -0.05) is 44.2 Å². The lowest BCUT2D eigenvalue weighted by Crippen LogP contribution is -2.33. The van der Waals surface area contributed by atoms with Crippen molar-refractivity contribution in [3.8, 4) is 17.2 Å². The third kappa shape index (κ3) is 4.51. The van der Waals surface area contributed by atoms with E-state index < -0.39 is 0 Å². The van der Waals surface area contributed by atoms with Crippen molar-refractivity contribution in [1.82, 2.24) is 5.01 Å². The van der Waals surface area contributed by atoms with Crippen molar-refractivity contribution in [3.05, 3.63) is 102 Å². The zero-order valence-corrected chi connectivity index (χ0v) is 19.5. The topological polar surface area (TPSA) is 43.3 Å². The molecule has 2 aliphatic rings. The summed E-state index contributed by atoms with van der Waals surface area (Å²) in [7, 11) is 0. The third-order valence-electron chi connectivity index (χ3n) is 6.19. The Morgan fingerprint density at radius 1 is 1.00 bits per heavy atom. The summed E-state index contributed by atoms with van der Waals surface area (Å²) in [5, 5.41) is 7.15. The van der Waals surface area contributed by atoms with Crippen LogP contribution in [0.25, 0.3) is 0 Å². The lowest BCUT2D eigenvalue weighted by Gasteiger charge is -2.38. The van der Waals surface area contributed by atoms with E-state index in [9.17, 15) is 0 Å². The van der Waals surface area contributed by atoms with Gasteiger partial charge in [0.2, 0.25) is 6.23 Å². The molecule has 0 saturated carbocycles. The predicted molar refractivity (Wildman–Crippen MR) is 135 cm³/mol. The highest BCUT2D eigenvalue weighted by Crippen LogP contribution is 2.47. The maximum absolute atomic E-state index is 6.47. The van der Waals surface area contributed by atoms with Gasteiger partial charge in [-0.05, 0) is 66.6 Å². The number of unbranched alkanes of at least 4 members (excludes halogenated alkanes) is 1. The molecule has 2 aliphatic heterocycles. The number of para-hydroxylation sites is 1. The Kier molecular flexibility index (Phi) is 6.52. The van der Waals surface area contributed by atoms with Gasteiger partial charge in [-0.3, -0.25) is 0 Å². The molecular weight excluding hydrogens is 424 g/mol. The number of hydrogen-bond acceptors (Lipinski definition) is 5. The summed E-state index contributed by atoms with van der Waals surface area (Å²) in [6, 6.07) is 24.7. The van der Waals surface area contributed by atoms with Crippen molar-refractivity contribution in [1.29, 1.82) is 0 Å². The van der Waals surface area contributed by atoms with Crippen molar-refractivity contribution in [2.24, 2.45) is 5.10 Å². The third-order valence-corrected chi connectivity index (χ3v) is 6.19. The van der Waals surface area contributed by atoms with Gasteiger partial charge in [0.15, 0.2) is 0 Å². The molecule has 0 radical (unpaired) electrons. The fourth-order valence-corrected chi connectivity index (χ4v) is 4.39. The number of fused-ring (bicyclic) bond motifs is 3. The average Bonchev–Trinajstić information content (AvgIpc) is 3.34. The quantitative estimate of drug-likeness (QED) is 0.267. The SMILES string of the molecule is C=CCOc1ccc(C2=NN3[C@@H](C2)c2ccccc2O[C@H]3c2ccc(OCCCC)cc2)cc1. The Morgan fingerprint density at radius 3 is 2.50 bits per heavy atom. The van der Waals surface area contributed by atoms with Crippen LogP contribution in [0, 0.1) is 0 Å². The first-order valence-corrected chi connectivity index (χ1v) is 11.9. The van der Waals surface area contributed by atoms with Gasteiger partial charge in [0.25, 0.3) is 0 Å². The Morgan fingerprint density at radius 2 is 1.74 bits per heavy atom. The van der Waals surface area contributed by atoms with Gasteiger partial charge in [0.1, 0.15) is 23.9 Å². The molecule has 2 atom stereocenters. The van der Waals surface area contributed by atoms with Crippen LogP contribution < -0.4 is 14.2 Å². The molecule has 3 aromatic carbocycles. The number of nitrogens with zero attached hydrogens (tertiary/aromatic N) is 2. The summed E-state index contributed by atoms with van der Waals surface area (Å²) >= 11 is 0. The molecule has 0 fully saturated rings. The Bertz CT molecular complexity index is 1150. The minimum absolute atomic E-state index is 0.127. The second-order valence-corrected chi connectivity index (χ2v) is 8.55. The second kappa shape index (κ2) is 10.0. The van der Waals surface area contributed by atoms with Crippen LogP contribution in [0.4, 0.5) is 0 Å². The molecule has 0 N–H and O–H groups in total. The van der Waals surface area contributed by atoms with Gasteiger partial charge in [-0.15, -0.1) is 0 Å². The molecule has 174 valence electrons. The van der Waals surface area contributed by atoms with Crippen LogP contribution in [0.15, 0.2) is 90.6 Å². The molecule has 0 aromatic heterocycles. The molecule has 0 unspecified atom stereocenters. The zero-order chi connectivity index (χ0) is 23.3. The van der Waals surface area contributed by atoms with Crippen molar-refractivity contribution in [2.75, 3.05) is 13.2 Å². The largest absolute Gasteiger partial charge is 0.494 e. The number of rotatable bonds is 9. The van der Waals surface area contributed by atoms with Gasteiger partial charge >= 0.3 is 0 Å². The van der Waals surface area contributed by atoms with Crippen LogP contribution in [-0.4, -0.2) is 23.9 Å². The van der Waals surface area contributed by atoms with E-state index in [1.165, 1.54) is 5.56 Å². The first-order valence-electron chi connectivity index (χ1n) is 11.9. The molecule has 5 rings (SSSR count). The predicted octanol–water partition coefficient (Wildman–Crippen LogP) is 6.67. The van der Waals surface area contributed by atoms with Crippen LogP contribution in [0.3, 0.4) is 0 Å². The Balaban J connectivity index is 1.42. The molecule has 5 nitrogen and oxygen atoms in total. The summed E-state index contributed by atoms with van der Waals surface area (Å²) in [6.07, 6.45) is 4.45. The normalized spacial score (nSPS) is 18.4. The Hall–Kier alpha value is -3.73. The average molecular weight is 455 g/mol. The summed E-state index contributed by atoms with van der Waals surface area (Å²) in [5.41, 5.74) is 4.37. The summed E-state index contributed by atoms with van der Waals surface area (Å²) in [4.78, 5) is 0. The first-order chi connectivity index (χ1) is 16.8. The highest BCUT2D eigenvalue weighted by atomic mass is 16.5. The summed E-state index contributed by atoms with van der Waals surface area (Å²) in [6.45, 7) is 7.10. The fraction of sp³-hybridized carbons (Fsp3) is 0.276. The molecule has 2 heterocycles. The molecule has 5 heteroatoms. The summed E-state index contributed by atoms with van der Waals surface area (Å²) < 4.78 is 17.9. The number of ether oxygens (including phenoxy) is 3.